The molecule has 1 N–H and O–H groups in total. The number of aryl methyl sites for hydroxylation is 1. The highest BCUT2D eigenvalue weighted by Crippen LogP contribution is 2.21. The maximum absolute atomic E-state index is 12.5. The van der Waals surface area contributed by atoms with Crippen LogP contribution in [-0.2, 0) is 11.2 Å². The van der Waals surface area contributed by atoms with Gasteiger partial charge in [-0.05, 0) is 85.7 Å². The van der Waals surface area contributed by atoms with Crippen molar-refractivity contribution in [2.45, 2.75) is 46.0 Å². The molecule has 4 aromatic rings. The molecule has 0 spiro atoms. The van der Waals surface area contributed by atoms with Crippen LogP contribution in [0.5, 0.6) is 0 Å². The van der Waals surface area contributed by atoms with Gasteiger partial charge in [-0.15, -0.1) is 10.2 Å². The summed E-state index contributed by atoms with van der Waals surface area (Å²) in [4.78, 5) is 14.8. The van der Waals surface area contributed by atoms with E-state index in [0.29, 0.717) is 35.4 Å². The standard InChI is InChI=1S/C23H26N8O2/c1-15-18(7-11-23(32)24-17-6-8-19-20(14-17)29-33-28-19)16(2)31(27-15)22-10-9-21(25-26-22)30-12-4-3-5-13-30/h6,8-10,14H,3-5,7,11-13H2,1-2H3,(H,24,32). The first-order valence-corrected chi connectivity index (χ1v) is 11.2. The van der Waals surface area contributed by atoms with Crippen LogP contribution in [0, 0.1) is 13.8 Å². The zero-order valence-electron chi connectivity index (χ0n) is 18.8. The van der Waals surface area contributed by atoms with E-state index < -0.39 is 0 Å². The number of benzene rings is 1. The molecule has 1 saturated heterocycles. The zero-order chi connectivity index (χ0) is 22.8. The van der Waals surface area contributed by atoms with E-state index in [2.05, 4.69) is 35.8 Å². The predicted molar refractivity (Wildman–Crippen MR) is 123 cm³/mol. The average Bonchev–Trinajstić information content (AvgIpc) is 3.42. The zero-order valence-corrected chi connectivity index (χ0v) is 18.8. The quantitative estimate of drug-likeness (QED) is 0.479. The Kier molecular flexibility index (Phi) is 5.72. The van der Waals surface area contributed by atoms with Gasteiger partial charge in [0.2, 0.25) is 5.91 Å². The van der Waals surface area contributed by atoms with Crippen molar-refractivity contribution in [1.29, 1.82) is 0 Å². The van der Waals surface area contributed by atoms with E-state index in [4.69, 9.17) is 4.63 Å². The van der Waals surface area contributed by atoms with Gasteiger partial charge in [-0.3, -0.25) is 4.79 Å². The Morgan fingerprint density at radius 2 is 1.76 bits per heavy atom. The summed E-state index contributed by atoms with van der Waals surface area (Å²) in [5.41, 5.74) is 4.82. The van der Waals surface area contributed by atoms with Crippen LogP contribution in [0.2, 0.25) is 0 Å². The summed E-state index contributed by atoms with van der Waals surface area (Å²) in [6.45, 7) is 6.02. The number of anilines is 2. The highest BCUT2D eigenvalue weighted by molar-refractivity contribution is 5.92. The summed E-state index contributed by atoms with van der Waals surface area (Å²) in [6, 6.07) is 9.26. The number of carbonyl (C=O) groups excluding carboxylic acids is 1. The van der Waals surface area contributed by atoms with Crippen LogP contribution in [-0.4, -0.2) is 49.3 Å². The Morgan fingerprint density at radius 3 is 2.55 bits per heavy atom. The number of carbonyl (C=O) groups is 1. The largest absolute Gasteiger partial charge is 0.355 e. The highest BCUT2D eigenvalue weighted by atomic mass is 16.6. The highest BCUT2D eigenvalue weighted by Gasteiger charge is 2.17. The first-order valence-electron chi connectivity index (χ1n) is 11.2. The van der Waals surface area contributed by atoms with Crippen LogP contribution in [0.15, 0.2) is 35.0 Å². The molecule has 1 aliphatic heterocycles. The minimum atomic E-state index is -0.0805. The number of hydrogen-bond acceptors (Lipinski definition) is 8. The molecule has 0 unspecified atom stereocenters. The van der Waals surface area contributed by atoms with Gasteiger partial charge in [0.15, 0.2) is 11.6 Å². The van der Waals surface area contributed by atoms with Crippen molar-refractivity contribution < 1.29 is 9.42 Å². The lowest BCUT2D eigenvalue weighted by Gasteiger charge is -2.27. The Balaban J connectivity index is 1.25. The van der Waals surface area contributed by atoms with E-state index in [0.717, 1.165) is 35.9 Å². The van der Waals surface area contributed by atoms with Gasteiger partial charge in [0.05, 0.1) is 5.69 Å². The first-order chi connectivity index (χ1) is 16.1. The number of nitrogens with zero attached hydrogens (tertiary/aromatic N) is 7. The molecule has 10 heteroatoms. The smallest absolute Gasteiger partial charge is 0.224 e. The topological polar surface area (TPSA) is 115 Å². The number of rotatable bonds is 6. The lowest BCUT2D eigenvalue weighted by molar-refractivity contribution is -0.116. The van der Waals surface area contributed by atoms with E-state index in [1.165, 1.54) is 19.3 Å². The van der Waals surface area contributed by atoms with E-state index in [1.807, 2.05) is 26.0 Å². The monoisotopic (exact) mass is 446 g/mol. The fourth-order valence-electron chi connectivity index (χ4n) is 4.30. The van der Waals surface area contributed by atoms with Gasteiger partial charge < -0.3 is 10.2 Å². The van der Waals surface area contributed by atoms with Gasteiger partial charge in [-0.25, -0.2) is 9.31 Å². The second kappa shape index (κ2) is 8.97. The third-order valence-corrected chi connectivity index (χ3v) is 6.11. The molecule has 170 valence electrons. The molecule has 33 heavy (non-hydrogen) atoms. The van der Waals surface area contributed by atoms with Crippen molar-refractivity contribution in [3.63, 3.8) is 0 Å². The second-order valence-corrected chi connectivity index (χ2v) is 8.37. The Hall–Kier alpha value is -3.82. The summed E-state index contributed by atoms with van der Waals surface area (Å²) >= 11 is 0. The van der Waals surface area contributed by atoms with Gasteiger partial charge >= 0.3 is 0 Å². The van der Waals surface area contributed by atoms with Crippen LogP contribution >= 0.6 is 0 Å². The molecule has 1 aromatic carbocycles. The molecular formula is C23H26N8O2. The summed E-state index contributed by atoms with van der Waals surface area (Å²) in [5.74, 6) is 1.51. The molecule has 5 rings (SSSR count). The minimum absolute atomic E-state index is 0.0805. The van der Waals surface area contributed by atoms with Crippen LogP contribution < -0.4 is 10.2 Å². The van der Waals surface area contributed by atoms with Crippen molar-refractivity contribution in [2.75, 3.05) is 23.3 Å². The second-order valence-electron chi connectivity index (χ2n) is 8.37. The summed E-state index contributed by atoms with van der Waals surface area (Å²) in [6.07, 6.45) is 4.59. The third-order valence-electron chi connectivity index (χ3n) is 6.11. The molecule has 3 aromatic heterocycles. The summed E-state index contributed by atoms with van der Waals surface area (Å²) in [5, 5.41) is 24.0. The summed E-state index contributed by atoms with van der Waals surface area (Å²) < 4.78 is 6.51. The molecule has 0 aliphatic carbocycles. The molecule has 0 bridgehead atoms. The molecule has 0 saturated carbocycles. The van der Waals surface area contributed by atoms with Crippen molar-refractivity contribution in [3.8, 4) is 5.82 Å². The van der Waals surface area contributed by atoms with Crippen molar-refractivity contribution in [1.82, 2.24) is 30.3 Å². The van der Waals surface area contributed by atoms with Crippen molar-refractivity contribution in [2.24, 2.45) is 0 Å². The maximum Gasteiger partial charge on any atom is 0.224 e. The lowest BCUT2D eigenvalue weighted by atomic mass is 10.1. The normalized spacial score (nSPS) is 14.1. The molecule has 1 aliphatic rings. The molecule has 1 fully saturated rings. The Labute approximate surface area is 190 Å². The maximum atomic E-state index is 12.5. The molecule has 4 heterocycles. The average molecular weight is 447 g/mol. The van der Waals surface area contributed by atoms with Crippen LogP contribution in [0.25, 0.3) is 16.9 Å². The van der Waals surface area contributed by atoms with Gasteiger partial charge in [0.1, 0.15) is 11.0 Å². The van der Waals surface area contributed by atoms with Gasteiger partial charge in [0, 0.05) is 30.9 Å². The molecule has 0 radical (unpaired) electrons. The number of piperidine rings is 1. The summed E-state index contributed by atoms with van der Waals surface area (Å²) in [7, 11) is 0. The molecule has 0 atom stereocenters. The molecule has 1 amide bonds. The van der Waals surface area contributed by atoms with Crippen LogP contribution in [0.3, 0.4) is 0 Å². The molecule has 10 nitrogen and oxygen atoms in total. The first kappa shape index (κ1) is 21.0. The van der Waals surface area contributed by atoms with Crippen molar-refractivity contribution >= 4 is 28.4 Å². The predicted octanol–water partition coefficient (Wildman–Crippen LogP) is 3.38. The van der Waals surface area contributed by atoms with Crippen molar-refractivity contribution in [3.05, 3.63) is 47.3 Å². The Morgan fingerprint density at radius 1 is 1.00 bits per heavy atom. The lowest BCUT2D eigenvalue weighted by Crippen LogP contribution is -2.30. The van der Waals surface area contributed by atoms with Crippen LogP contribution in [0.4, 0.5) is 11.5 Å². The van der Waals surface area contributed by atoms with Gasteiger partial charge in [-0.1, -0.05) is 0 Å². The molecular weight excluding hydrogens is 420 g/mol. The van der Waals surface area contributed by atoms with Gasteiger partial charge in [0.25, 0.3) is 0 Å². The van der Waals surface area contributed by atoms with E-state index in [-0.39, 0.29) is 5.91 Å². The fourth-order valence-corrected chi connectivity index (χ4v) is 4.30. The van der Waals surface area contributed by atoms with E-state index >= 15 is 0 Å². The van der Waals surface area contributed by atoms with Crippen LogP contribution in [0.1, 0.15) is 42.6 Å². The number of nitrogens with one attached hydrogen (secondary N) is 1. The van der Waals surface area contributed by atoms with E-state index in [9.17, 15) is 4.79 Å². The third kappa shape index (κ3) is 4.41. The number of fused-ring (bicyclic) bond motifs is 1. The van der Waals surface area contributed by atoms with Gasteiger partial charge in [-0.2, -0.15) is 5.10 Å². The van der Waals surface area contributed by atoms with E-state index in [1.54, 1.807) is 22.9 Å². The number of hydrogen-bond donors (Lipinski definition) is 1. The fraction of sp³-hybridized carbons (Fsp3) is 0.391. The Bertz CT molecular complexity index is 1270. The minimum Gasteiger partial charge on any atom is -0.355 e. The number of aromatic nitrogens is 6. The number of amides is 1. The SMILES string of the molecule is Cc1nn(-c2ccc(N3CCCCC3)nn2)c(C)c1CCC(=O)Nc1ccc2nonc2c1.